The molecular formula is C14H12ClNO2. The minimum Gasteiger partial charge on any atom is -0.465 e. The second-order valence-electron chi connectivity index (χ2n) is 3.86. The summed E-state index contributed by atoms with van der Waals surface area (Å²) in [6.45, 7) is 1.89. The van der Waals surface area contributed by atoms with Gasteiger partial charge in [0.2, 0.25) is 0 Å². The Bertz CT molecular complexity index is 559. The molecule has 0 aliphatic heterocycles. The third-order valence-electron chi connectivity index (χ3n) is 2.63. The molecule has 0 spiro atoms. The molecular weight excluding hydrogens is 250 g/mol. The number of nitrogens with zero attached hydrogens (tertiary/aromatic N) is 1. The van der Waals surface area contributed by atoms with Crippen molar-refractivity contribution in [2.24, 2.45) is 0 Å². The van der Waals surface area contributed by atoms with E-state index in [-0.39, 0.29) is 0 Å². The van der Waals surface area contributed by atoms with Crippen LogP contribution in [-0.2, 0) is 4.74 Å². The molecule has 0 bridgehead atoms. The number of halogens is 1. The summed E-state index contributed by atoms with van der Waals surface area (Å²) in [5.74, 6) is -0.396. The lowest BCUT2D eigenvalue weighted by molar-refractivity contribution is 0.0600. The molecule has 0 amide bonds. The zero-order valence-corrected chi connectivity index (χ0v) is 10.9. The molecule has 0 saturated carbocycles. The lowest BCUT2D eigenvalue weighted by atomic mass is 10.0. The van der Waals surface area contributed by atoms with Gasteiger partial charge in [0.05, 0.1) is 23.4 Å². The van der Waals surface area contributed by atoms with Crippen LogP contribution in [0.15, 0.2) is 36.5 Å². The van der Waals surface area contributed by atoms with E-state index in [1.807, 2.05) is 25.1 Å². The van der Waals surface area contributed by atoms with Crippen molar-refractivity contribution in [2.75, 3.05) is 7.11 Å². The molecule has 0 fully saturated rings. The largest absolute Gasteiger partial charge is 0.465 e. The van der Waals surface area contributed by atoms with Gasteiger partial charge in [-0.25, -0.2) is 4.79 Å². The van der Waals surface area contributed by atoms with Crippen LogP contribution in [0.5, 0.6) is 0 Å². The number of methoxy groups -OCH3 is 1. The van der Waals surface area contributed by atoms with Gasteiger partial charge in [0.25, 0.3) is 0 Å². The first-order valence-corrected chi connectivity index (χ1v) is 5.81. The molecule has 0 saturated heterocycles. The van der Waals surface area contributed by atoms with Gasteiger partial charge in [-0.15, -0.1) is 0 Å². The zero-order chi connectivity index (χ0) is 13.1. The molecule has 0 unspecified atom stereocenters. The molecule has 0 radical (unpaired) electrons. The van der Waals surface area contributed by atoms with E-state index >= 15 is 0 Å². The number of aromatic nitrogens is 1. The second-order valence-corrected chi connectivity index (χ2v) is 4.26. The topological polar surface area (TPSA) is 39.2 Å². The Labute approximate surface area is 110 Å². The van der Waals surface area contributed by atoms with Gasteiger partial charge in [-0.3, -0.25) is 4.98 Å². The van der Waals surface area contributed by atoms with Crippen LogP contribution in [0.1, 0.15) is 15.9 Å². The Kier molecular flexibility index (Phi) is 3.63. The fourth-order valence-electron chi connectivity index (χ4n) is 1.81. The molecule has 2 rings (SSSR count). The molecule has 92 valence electrons. The van der Waals surface area contributed by atoms with Gasteiger partial charge in [0.1, 0.15) is 0 Å². The molecule has 0 atom stereocenters. The van der Waals surface area contributed by atoms with Gasteiger partial charge in [-0.2, -0.15) is 0 Å². The summed E-state index contributed by atoms with van der Waals surface area (Å²) < 4.78 is 4.68. The predicted molar refractivity (Wildman–Crippen MR) is 70.8 cm³/mol. The SMILES string of the molecule is COC(=O)c1cc(C)c(-c2ccccn2)c(Cl)c1. The highest BCUT2D eigenvalue weighted by Gasteiger charge is 2.13. The van der Waals surface area contributed by atoms with E-state index in [4.69, 9.17) is 11.6 Å². The molecule has 2 aromatic rings. The zero-order valence-electron chi connectivity index (χ0n) is 10.1. The van der Waals surface area contributed by atoms with Gasteiger partial charge in [-0.05, 0) is 36.8 Å². The average molecular weight is 262 g/mol. The van der Waals surface area contributed by atoms with Gasteiger partial charge >= 0.3 is 5.97 Å². The van der Waals surface area contributed by atoms with Gasteiger partial charge < -0.3 is 4.74 Å². The number of rotatable bonds is 2. The maximum atomic E-state index is 11.5. The summed E-state index contributed by atoms with van der Waals surface area (Å²) in [5, 5.41) is 0.495. The number of benzene rings is 1. The maximum Gasteiger partial charge on any atom is 0.337 e. The van der Waals surface area contributed by atoms with Gasteiger partial charge in [0, 0.05) is 11.8 Å². The Morgan fingerprint density at radius 2 is 2.11 bits per heavy atom. The van der Waals surface area contributed by atoms with Crippen molar-refractivity contribution in [2.45, 2.75) is 6.92 Å². The number of pyridine rings is 1. The van der Waals surface area contributed by atoms with Crippen molar-refractivity contribution in [3.05, 3.63) is 52.7 Å². The molecule has 1 aromatic heterocycles. The van der Waals surface area contributed by atoms with Crippen LogP contribution in [0, 0.1) is 6.92 Å². The molecule has 1 aromatic carbocycles. The second kappa shape index (κ2) is 5.19. The number of aryl methyl sites for hydroxylation is 1. The highest BCUT2D eigenvalue weighted by atomic mass is 35.5. The number of hydrogen-bond donors (Lipinski definition) is 0. The molecule has 0 aliphatic rings. The number of hydrogen-bond acceptors (Lipinski definition) is 3. The van der Waals surface area contributed by atoms with Crippen LogP contribution in [0.4, 0.5) is 0 Å². The normalized spacial score (nSPS) is 10.2. The van der Waals surface area contributed by atoms with Crippen LogP contribution in [0.2, 0.25) is 5.02 Å². The van der Waals surface area contributed by atoms with Crippen molar-refractivity contribution in [1.82, 2.24) is 4.98 Å². The summed E-state index contributed by atoms with van der Waals surface area (Å²) in [4.78, 5) is 15.7. The smallest absolute Gasteiger partial charge is 0.337 e. The lowest BCUT2D eigenvalue weighted by Gasteiger charge is -2.09. The highest BCUT2D eigenvalue weighted by molar-refractivity contribution is 6.33. The number of esters is 1. The van der Waals surface area contributed by atoms with E-state index in [0.717, 1.165) is 16.8 Å². The monoisotopic (exact) mass is 261 g/mol. The minimum absolute atomic E-state index is 0.396. The summed E-state index contributed by atoms with van der Waals surface area (Å²) in [6.07, 6.45) is 1.71. The number of carbonyl (C=O) groups excluding carboxylic acids is 1. The predicted octanol–water partition coefficient (Wildman–Crippen LogP) is 3.50. The highest BCUT2D eigenvalue weighted by Crippen LogP contribution is 2.31. The maximum absolute atomic E-state index is 11.5. The summed E-state index contributed by atoms with van der Waals surface area (Å²) >= 11 is 6.22. The van der Waals surface area contributed by atoms with Crippen LogP contribution in [0.3, 0.4) is 0 Å². The van der Waals surface area contributed by atoms with E-state index < -0.39 is 5.97 Å². The van der Waals surface area contributed by atoms with Gasteiger partial charge in [0.15, 0.2) is 0 Å². The fraction of sp³-hybridized carbons (Fsp3) is 0.143. The molecule has 0 N–H and O–H groups in total. The van der Waals surface area contributed by atoms with Crippen LogP contribution >= 0.6 is 11.6 Å². The summed E-state index contributed by atoms with van der Waals surface area (Å²) in [6, 6.07) is 8.97. The molecule has 3 nitrogen and oxygen atoms in total. The van der Waals surface area contributed by atoms with Crippen LogP contribution in [0.25, 0.3) is 11.3 Å². The Morgan fingerprint density at radius 3 is 2.67 bits per heavy atom. The molecule has 1 heterocycles. The summed E-state index contributed by atoms with van der Waals surface area (Å²) in [5.41, 5.74) is 2.96. The van der Waals surface area contributed by atoms with E-state index in [0.29, 0.717) is 10.6 Å². The van der Waals surface area contributed by atoms with Gasteiger partial charge in [-0.1, -0.05) is 17.7 Å². The fourth-order valence-corrected chi connectivity index (χ4v) is 2.18. The summed E-state index contributed by atoms with van der Waals surface area (Å²) in [7, 11) is 1.35. The van der Waals surface area contributed by atoms with Crippen molar-refractivity contribution < 1.29 is 9.53 Å². The van der Waals surface area contributed by atoms with Crippen molar-refractivity contribution in [3.63, 3.8) is 0 Å². The number of carbonyl (C=O) groups is 1. The van der Waals surface area contributed by atoms with E-state index in [1.54, 1.807) is 18.3 Å². The Balaban J connectivity index is 2.55. The Morgan fingerprint density at radius 1 is 1.33 bits per heavy atom. The first kappa shape index (κ1) is 12.6. The molecule has 0 aliphatic carbocycles. The van der Waals surface area contributed by atoms with Crippen molar-refractivity contribution in [1.29, 1.82) is 0 Å². The van der Waals surface area contributed by atoms with E-state index in [1.165, 1.54) is 7.11 Å². The first-order chi connectivity index (χ1) is 8.63. The van der Waals surface area contributed by atoms with E-state index in [9.17, 15) is 4.79 Å². The minimum atomic E-state index is -0.396. The molecule has 18 heavy (non-hydrogen) atoms. The third kappa shape index (κ3) is 2.36. The van der Waals surface area contributed by atoms with Crippen LogP contribution < -0.4 is 0 Å². The lowest BCUT2D eigenvalue weighted by Crippen LogP contribution is -2.02. The Hall–Kier alpha value is -1.87. The third-order valence-corrected chi connectivity index (χ3v) is 2.93. The first-order valence-electron chi connectivity index (χ1n) is 5.43. The standard InChI is InChI=1S/C14H12ClNO2/c1-9-7-10(14(17)18-2)8-11(15)13(9)12-5-3-4-6-16-12/h3-8H,1-2H3. The molecule has 4 heteroatoms. The van der Waals surface area contributed by atoms with Crippen molar-refractivity contribution in [3.8, 4) is 11.3 Å². The quantitative estimate of drug-likeness (QED) is 0.777. The van der Waals surface area contributed by atoms with E-state index in [2.05, 4.69) is 9.72 Å². The van der Waals surface area contributed by atoms with Crippen molar-refractivity contribution >= 4 is 17.6 Å². The number of ether oxygens (including phenoxy) is 1. The van der Waals surface area contributed by atoms with Crippen LogP contribution in [-0.4, -0.2) is 18.1 Å². The average Bonchev–Trinajstić information content (AvgIpc) is 2.38.